The molecule has 0 amide bonds. The van der Waals surface area contributed by atoms with Crippen LogP contribution in [-0.4, -0.2) is 29.9 Å². The van der Waals surface area contributed by atoms with Crippen molar-refractivity contribution >= 4 is 21.4 Å². The Morgan fingerprint density at radius 2 is 2.11 bits per heavy atom. The number of rotatable bonds is 3. The third-order valence-corrected chi connectivity index (χ3v) is 3.24. The second kappa shape index (κ2) is 4.87. The number of sulfone groups is 1. The second-order valence-electron chi connectivity index (χ2n) is 3.41. The van der Waals surface area contributed by atoms with Crippen molar-refractivity contribution in [2.75, 3.05) is 6.26 Å². The summed E-state index contributed by atoms with van der Waals surface area (Å²) in [7, 11) is -3.28. The van der Waals surface area contributed by atoms with E-state index in [2.05, 4.69) is 15.2 Å². The molecule has 1 aromatic heterocycles. The van der Waals surface area contributed by atoms with Gasteiger partial charge in [-0.15, -0.1) is 5.10 Å². The smallest absolute Gasteiger partial charge is 0.246 e. The Morgan fingerprint density at radius 3 is 2.78 bits per heavy atom. The average Bonchev–Trinajstić information content (AvgIpc) is 2.28. The standard InChI is InChI=1S/C10H8ClN3O3S/c1-18(15,16)8-4-2-3-7(5-8)17-9-6-12-14-10(11)13-9/h2-6H,1H3. The maximum absolute atomic E-state index is 11.4. The molecule has 0 aliphatic heterocycles. The summed E-state index contributed by atoms with van der Waals surface area (Å²) < 4.78 is 28.1. The highest BCUT2D eigenvalue weighted by atomic mass is 35.5. The number of hydrogen-bond acceptors (Lipinski definition) is 6. The van der Waals surface area contributed by atoms with E-state index in [0.717, 1.165) is 6.26 Å². The van der Waals surface area contributed by atoms with Gasteiger partial charge in [0.2, 0.25) is 11.2 Å². The van der Waals surface area contributed by atoms with Crippen LogP contribution < -0.4 is 4.74 Å². The van der Waals surface area contributed by atoms with E-state index < -0.39 is 9.84 Å². The third-order valence-electron chi connectivity index (χ3n) is 1.97. The number of aromatic nitrogens is 3. The lowest BCUT2D eigenvalue weighted by Gasteiger charge is -2.05. The Hall–Kier alpha value is -1.73. The van der Waals surface area contributed by atoms with E-state index in [9.17, 15) is 8.42 Å². The van der Waals surface area contributed by atoms with Crippen LogP contribution in [0.1, 0.15) is 0 Å². The Bertz CT molecular complexity index is 676. The minimum absolute atomic E-state index is 0.0493. The molecule has 0 atom stereocenters. The van der Waals surface area contributed by atoms with Crippen LogP contribution in [0.4, 0.5) is 0 Å². The summed E-state index contributed by atoms with van der Waals surface area (Å²) in [5.74, 6) is 0.468. The number of nitrogens with zero attached hydrogens (tertiary/aromatic N) is 3. The molecule has 0 spiro atoms. The second-order valence-corrected chi connectivity index (χ2v) is 5.77. The Morgan fingerprint density at radius 1 is 1.33 bits per heavy atom. The summed E-state index contributed by atoms with van der Waals surface area (Å²) in [6.45, 7) is 0. The molecule has 0 bridgehead atoms. The van der Waals surface area contributed by atoms with Gasteiger partial charge in [0.05, 0.1) is 4.90 Å². The van der Waals surface area contributed by atoms with E-state index in [1.165, 1.54) is 18.3 Å². The number of hydrogen-bond donors (Lipinski definition) is 0. The molecule has 0 fully saturated rings. The van der Waals surface area contributed by atoms with Gasteiger partial charge in [-0.3, -0.25) is 0 Å². The van der Waals surface area contributed by atoms with Gasteiger partial charge >= 0.3 is 0 Å². The van der Waals surface area contributed by atoms with E-state index in [1.807, 2.05) is 0 Å². The van der Waals surface area contributed by atoms with Gasteiger partial charge in [0.25, 0.3) is 0 Å². The molecule has 6 nitrogen and oxygen atoms in total. The first-order valence-electron chi connectivity index (χ1n) is 4.78. The molecule has 8 heteroatoms. The topological polar surface area (TPSA) is 82.0 Å². The average molecular weight is 286 g/mol. The number of benzene rings is 1. The van der Waals surface area contributed by atoms with E-state index in [4.69, 9.17) is 16.3 Å². The van der Waals surface area contributed by atoms with Crippen molar-refractivity contribution < 1.29 is 13.2 Å². The molecule has 1 heterocycles. The first kappa shape index (κ1) is 12.7. The summed E-state index contributed by atoms with van der Waals surface area (Å²) in [4.78, 5) is 3.94. The Balaban J connectivity index is 2.30. The zero-order valence-corrected chi connectivity index (χ0v) is 10.8. The SMILES string of the molecule is CS(=O)(=O)c1cccc(Oc2cnnc(Cl)n2)c1. The fourth-order valence-electron chi connectivity index (χ4n) is 1.21. The van der Waals surface area contributed by atoms with Crippen molar-refractivity contribution in [3.05, 3.63) is 35.7 Å². The molecule has 0 saturated carbocycles. The summed E-state index contributed by atoms with van der Waals surface area (Å²) in [6, 6.07) is 6.05. The predicted molar refractivity (Wildman–Crippen MR) is 64.5 cm³/mol. The Labute approximate surface area is 109 Å². The molecular formula is C10H8ClN3O3S. The van der Waals surface area contributed by atoms with Gasteiger partial charge in [0.15, 0.2) is 9.84 Å². The quantitative estimate of drug-likeness (QED) is 0.854. The van der Waals surface area contributed by atoms with Gasteiger partial charge in [-0.25, -0.2) is 8.42 Å². The zero-order chi connectivity index (χ0) is 13.2. The lowest BCUT2D eigenvalue weighted by molar-refractivity contribution is 0.455. The largest absolute Gasteiger partial charge is 0.437 e. The normalized spacial score (nSPS) is 11.2. The monoisotopic (exact) mass is 285 g/mol. The molecule has 18 heavy (non-hydrogen) atoms. The first-order chi connectivity index (χ1) is 8.45. The minimum Gasteiger partial charge on any atom is -0.437 e. The van der Waals surface area contributed by atoms with Crippen LogP contribution in [0.3, 0.4) is 0 Å². The van der Waals surface area contributed by atoms with Crippen LogP contribution in [0.5, 0.6) is 11.6 Å². The molecule has 0 saturated heterocycles. The summed E-state index contributed by atoms with van der Waals surface area (Å²) >= 11 is 5.55. The van der Waals surface area contributed by atoms with Crippen LogP contribution in [0, 0.1) is 0 Å². The molecule has 0 aliphatic carbocycles. The van der Waals surface area contributed by atoms with Gasteiger partial charge in [-0.05, 0) is 29.8 Å². The van der Waals surface area contributed by atoms with Crippen LogP contribution in [0.15, 0.2) is 35.4 Å². The molecule has 0 radical (unpaired) electrons. The van der Waals surface area contributed by atoms with Crippen molar-refractivity contribution in [3.8, 4) is 11.6 Å². The lowest BCUT2D eigenvalue weighted by Crippen LogP contribution is -1.98. The molecule has 0 unspecified atom stereocenters. The van der Waals surface area contributed by atoms with Crippen LogP contribution in [0.2, 0.25) is 5.28 Å². The highest BCUT2D eigenvalue weighted by molar-refractivity contribution is 7.90. The van der Waals surface area contributed by atoms with E-state index in [-0.39, 0.29) is 16.1 Å². The predicted octanol–water partition coefficient (Wildman–Crippen LogP) is 1.72. The van der Waals surface area contributed by atoms with Crippen molar-refractivity contribution in [2.24, 2.45) is 0 Å². The van der Waals surface area contributed by atoms with Gasteiger partial charge in [-0.1, -0.05) is 6.07 Å². The van der Waals surface area contributed by atoms with Crippen molar-refractivity contribution in [3.63, 3.8) is 0 Å². The van der Waals surface area contributed by atoms with Gasteiger partial charge in [0.1, 0.15) is 11.9 Å². The van der Waals surface area contributed by atoms with Crippen LogP contribution in [0.25, 0.3) is 0 Å². The molecule has 0 aliphatic rings. The van der Waals surface area contributed by atoms with Gasteiger partial charge < -0.3 is 4.74 Å². The molecule has 2 rings (SSSR count). The fourth-order valence-corrected chi connectivity index (χ4v) is 1.99. The van der Waals surface area contributed by atoms with E-state index in [1.54, 1.807) is 12.1 Å². The van der Waals surface area contributed by atoms with Crippen molar-refractivity contribution in [1.82, 2.24) is 15.2 Å². The summed E-state index contributed by atoms with van der Waals surface area (Å²) in [5, 5.41) is 6.98. The van der Waals surface area contributed by atoms with Crippen LogP contribution in [-0.2, 0) is 9.84 Å². The third kappa shape index (κ3) is 3.14. The minimum atomic E-state index is -3.28. The fraction of sp³-hybridized carbons (Fsp3) is 0.100. The lowest BCUT2D eigenvalue weighted by atomic mass is 10.3. The van der Waals surface area contributed by atoms with Crippen LogP contribution >= 0.6 is 11.6 Å². The molecule has 2 aromatic rings. The van der Waals surface area contributed by atoms with Crippen molar-refractivity contribution in [1.29, 1.82) is 0 Å². The Kier molecular flexibility index (Phi) is 3.44. The molecule has 94 valence electrons. The molecule has 0 N–H and O–H groups in total. The van der Waals surface area contributed by atoms with E-state index >= 15 is 0 Å². The molecule has 1 aromatic carbocycles. The zero-order valence-electron chi connectivity index (χ0n) is 9.24. The van der Waals surface area contributed by atoms with Gasteiger partial charge in [-0.2, -0.15) is 10.1 Å². The highest BCUT2D eigenvalue weighted by Gasteiger charge is 2.09. The maximum Gasteiger partial charge on any atom is 0.246 e. The number of ether oxygens (including phenoxy) is 1. The first-order valence-corrected chi connectivity index (χ1v) is 7.05. The van der Waals surface area contributed by atoms with Crippen molar-refractivity contribution in [2.45, 2.75) is 4.90 Å². The number of halogens is 1. The van der Waals surface area contributed by atoms with E-state index in [0.29, 0.717) is 5.75 Å². The summed E-state index contributed by atoms with van der Waals surface area (Å²) in [5.41, 5.74) is 0. The summed E-state index contributed by atoms with van der Waals surface area (Å²) in [6.07, 6.45) is 2.40. The maximum atomic E-state index is 11.4. The van der Waals surface area contributed by atoms with Gasteiger partial charge in [0, 0.05) is 6.26 Å². The highest BCUT2D eigenvalue weighted by Crippen LogP contribution is 2.22. The molecular weight excluding hydrogens is 278 g/mol.